The maximum atomic E-state index is 11.8. The van der Waals surface area contributed by atoms with Crippen molar-refractivity contribution < 1.29 is 19.8 Å². The van der Waals surface area contributed by atoms with Gasteiger partial charge in [-0.2, -0.15) is 5.26 Å². The van der Waals surface area contributed by atoms with E-state index < -0.39 is 11.9 Å². The Hall–Kier alpha value is -2.07. The fourth-order valence-corrected chi connectivity index (χ4v) is 2.33. The van der Waals surface area contributed by atoms with Crippen LogP contribution < -0.4 is 5.32 Å². The first-order chi connectivity index (χ1) is 10.1. The second kappa shape index (κ2) is 8.97. The minimum Gasteiger partial charge on any atom is -0.481 e. The summed E-state index contributed by atoms with van der Waals surface area (Å²) in [5.74, 6) is -1.57. The molecule has 1 heterocycles. The first kappa shape index (κ1) is 17.0. The van der Waals surface area contributed by atoms with Gasteiger partial charge in [0.05, 0.1) is 6.42 Å². The van der Waals surface area contributed by atoms with Gasteiger partial charge in [-0.25, -0.2) is 0 Å². The van der Waals surface area contributed by atoms with Crippen LogP contribution in [0.3, 0.4) is 0 Å². The molecule has 1 aliphatic heterocycles. The lowest BCUT2D eigenvalue weighted by molar-refractivity contribution is -0.136. The number of carboxylic acids is 1. The van der Waals surface area contributed by atoms with Crippen LogP contribution >= 0.6 is 0 Å². The molecule has 0 aliphatic carbocycles. The zero-order valence-electron chi connectivity index (χ0n) is 11.9. The number of nitrogens with one attached hydrogen (secondary N) is 1. The summed E-state index contributed by atoms with van der Waals surface area (Å²) in [5, 5.41) is 29.1. The van der Waals surface area contributed by atoms with Crippen molar-refractivity contribution in [2.24, 2.45) is 0 Å². The molecule has 0 bridgehead atoms. The number of carboxylic acid groups (broad SMARTS) is 1. The molecule has 21 heavy (non-hydrogen) atoms. The Balaban J connectivity index is 2.65. The van der Waals surface area contributed by atoms with Crippen LogP contribution in [-0.2, 0) is 9.59 Å². The normalized spacial score (nSPS) is 19.0. The van der Waals surface area contributed by atoms with Crippen LogP contribution in [0.25, 0.3) is 0 Å². The highest BCUT2D eigenvalue weighted by Gasteiger charge is 2.21. The lowest BCUT2D eigenvalue weighted by Crippen LogP contribution is -2.37. The Labute approximate surface area is 123 Å². The Kier molecular flexibility index (Phi) is 7.26. The Morgan fingerprint density at radius 3 is 2.81 bits per heavy atom. The fraction of sp³-hybridized carbons (Fsp3) is 0.643. The molecule has 1 aliphatic rings. The van der Waals surface area contributed by atoms with Gasteiger partial charge in [0.25, 0.3) is 5.91 Å². The van der Waals surface area contributed by atoms with E-state index in [0.717, 1.165) is 25.8 Å². The van der Waals surface area contributed by atoms with Crippen molar-refractivity contribution in [3.8, 4) is 6.07 Å². The molecule has 0 aromatic carbocycles. The third-order valence-electron chi connectivity index (χ3n) is 3.42. The monoisotopic (exact) mass is 295 g/mol. The number of nitriles is 1. The number of aliphatic hydroxyl groups is 1. The lowest BCUT2D eigenvalue weighted by Gasteiger charge is -2.34. The molecule has 1 unspecified atom stereocenters. The van der Waals surface area contributed by atoms with Crippen LogP contribution in [0.2, 0.25) is 0 Å². The molecule has 1 atom stereocenters. The van der Waals surface area contributed by atoms with E-state index in [4.69, 9.17) is 15.5 Å². The molecule has 0 saturated carbocycles. The highest BCUT2D eigenvalue weighted by atomic mass is 16.4. The van der Waals surface area contributed by atoms with Gasteiger partial charge in [-0.1, -0.05) is 0 Å². The van der Waals surface area contributed by atoms with Crippen LogP contribution in [0.15, 0.2) is 11.8 Å². The van der Waals surface area contributed by atoms with Gasteiger partial charge in [-0.05, 0) is 25.7 Å². The average molecular weight is 295 g/mol. The van der Waals surface area contributed by atoms with Gasteiger partial charge in [-0.15, -0.1) is 0 Å². The van der Waals surface area contributed by atoms with Crippen molar-refractivity contribution in [1.29, 1.82) is 5.26 Å². The van der Waals surface area contributed by atoms with Crippen LogP contribution in [0.4, 0.5) is 0 Å². The van der Waals surface area contributed by atoms with Crippen LogP contribution in [0.1, 0.15) is 32.1 Å². The number of likely N-dealkylation sites (tertiary alicyclic amines) is 1. The molecule has 0 aromatic rings. The number of amides is 1. The van der Waals surface area contributed by atoms with Gasteiger partial charge in [0, 0.05) is 31.9 Å². The zero-order chi connectivity index (χ0) is 15.7. The smallest absolute Gasteiger partial charge is 0.305 e. The van der Waals surface area contributed by atoms with Crippen LogP contribution in [0.5, 0.6) is 0 Å². The van der Waals surface area contributed by atoms with Crippen molar-refractivity contribution in [2.75, 3.05) is 19.7 Å². The van der Waals surface area contributed by atoms with E-state index >= 15 is 0 Å². The number of carbonyl (C=O) groups excluding carboxylic acids is 1. The standard InChI is InChI=1S/C14H21N3O4/c15-9-11(14(21)16-6-4-13(19)20)10-17-7-2-1-3-12(17)5-8-18/h10,12,18H,1-8H2,(H,16,21)(H,19,20)/b11-10-. The number of hydrogen-bond donors (Lipinski definition) is 3. The summed E-state index contributed by atoms with van der Waals surface area (Å²) in [6.45, 7) is 0.813. The number of aliphatic hydroxyl groups excluding tert-OH is 1. The van der Waals surface area contributed by atoms with E-state index in [9.17, 15) is 9.59 Å². The van der Waals surface area contributed by atoms with Gasteiger partial charge in [0.15, 0.2) is 0 Å². The van der Waals surface area contributed by atoms with E-state index in [2.05, 4.69) is 5.32 Å². The molecule has 1 fully saturated rings. The predicted molar refractivity (Wildman–Crippen MR) is 75.0 cm³/mol. The van der Waals surface area contributed by atoms with Gasteiger partial charge in [0.1, 0.15) is 11.6 Å². The summed E-state index contributed by atoms with van der Waals surface area (Å²) >= 11 is 0. The van der Waals surface area contributed by atoms with Gasteiger partial charge in [-0.3, -0.25) is 9.59 Å². The third-order valence-corrected chi connectivity index (χ3v) is 3.42. The first-order valence-electron chi connectivity index (χ1n) is 7.07. The van der Waals surface area contributed by atoms with Crippen molar-refractivity contribution in [3.05, 3.63) is 11.8 Å². The van der Waals surface area contributed by atoms with E-state index in [1.807, 2.05) is 11.0 Å². The Morgan fingerprint density at radius 2 is 2.19 bits per heavy atom. The highest BCUT2D eigenvalue weighted by Crippen LogP contribution is 2.20. The summed E-state index contributed by atoms with van der Waals surface area (Å²) in [4.78, 5) is 24.1. The maximum absolute atomic E-state index is 11.8. The van der Waals surface area contributed by atoms with Gasteiger partial charge in [0.2, 0.25) is 0 Å². The molecular weight excluding hydrogens is 274 g/mol. The number of hydrogen-bond acceptors (Lipinski definition) is 5. The predicted octanol–water partition coefficient (Wildman–Crippen LogP) is 0.222. The minimum atomic E-state index is -1.00. The molecule has 116 valence electrons. The number of rotatable bonds is 7. The van der Waals surface area contributed by atoms with Crippen molar-refractivity contribution in [2.45, 2.75) is 38.1 Å². The Morgan fingerprint density at radius 1 is 1.43 bits per heavy atom. The number of carbonyl (C=O) groups is 2. The summed E-state index contributed by atoms with van der Waals surface area (Å²) < 4.78 is 0. The van der Waals surface area contributed by atoms with Crippen LogP contribution in [0, 0.1) is 11.3 Å². The highest BCUT2D eigenvalue weighted by molar-refractivity contribution is 5.97. The first-order valence-corrected chi connectivity index (χ1v) is 7.07. The SMILES string of the molecule is N#C/C(=C/N1CCCCC1CCO)C(=O)NCCC(=O)O. The van der Waals surface area contributed by atoms with E-state index in [1.54, 1.807) is 0 Å². The quantitative estimate of drug-likeness (QED) is 0.457. The Bertz CT molecular complexity index is 440. The number of aliphatic carboxylic acids is 1. The summed E-state index contributed by atoms with van der Waals surface area (Å²) in [6, 6.07) is 1.99. The largest absolute Gasteiger partial charge is 0.481 e. The molecule has 3 N–H and O–H groups in total. The van der Waals surface area contributed by atoms with Gasteiger partial charge < -0.3 is 20.4 Å². The van der Waals surface area contributed by atoms with E-state index in [-0.39, 0.29) is 31.2 Å². The molecular formula is C14H21N3O4. The molecule has 7 nitrogen and oxygen atoms in total. The second-order valence-corrected chi connectivity index (χ2v) is 4.95. The molecule has 1 rings (SSSR count). The average Bonchev–Trinajstić information content (AvgIpc) is 2.46. The topological polar surface area (TPSA) is 114 Å². The molecule has 1 saturated heterocycles. The maximum Gasteiger partial charge on any atom is 0.305 e. The molecule has 7 heteroatoms. The van der Waals surface area contributed by atoms with E-state index in [1.165, 1.54) is 6.20 Å². The molecule has 0 aromatic heterocycles. The molecule has 1 amide bonds. The second-order valence-electron chi connectivity index (χ2n) is 4.95. The van der Waals surface area contributed by atoms with E-state index in [0.29, 0.717) is 6.42 Å². The molecule has 0 radical (unpaired) electrons. The number of piperidine rings is 1. The minimum absolute atomic E-state index is 0.00669. The fourth-order valence-electron chi connectivity index (χ4n) is 2.33. The number of nitrogens with zero attached hydrogens (tertiary/aromatic N) is 2. The van der Waals surface area contributed by atoms with Crippen molar-refractivity contribution >= 4 is 11.9 Å². The summed E-state index contributed by atoms with van der Waals surface area (Å²) in [5.41, 5.74) is -0.0368. The zero-order valence-corrected chi connectivity index (χ0v) is 11.9. The third kappa shape index (κ3) is 5.83. The lowest BCUT2D eigenvalue weighted by atomic mass is 10.00. The van der Waals surface area contributed by atoms with Crippen molar-refractivity contribution in [1.82, 2.24) is 10.2 Å². The molecule has 0 spiro atoms. The van der Waals surface area contributed by atoms with Crippen LogP contribution in [-0.4, -0.2) is 52.7 Å². The summed E-state index contributed by atoms with van der Waals surface area (Å²) in [7, 11) is 0. The van der Waals surface area contributed by atoms with Gasteiger partial charge >= 0.3 is 5.97 Å². The van der Waals surface area contributed by atoms with Crippen molar-refractivity contribution in [3.63, 3.8) is 0 Å². The summed E-state index contributed by atoms with van der Waals surface area (Å²) in [6.07, 6.45) is 4.93.